The van der Waals surface area contributed by atoms with Gasteiger partial charge in [-0.05, 0) is 62.1 Å². The second kappa shape index (κ2) is 14.8. The number of para-hydroxylation sites is 1. The molecule has 44 heavy (non-hydrogen) atoms. The lowest BCUT2D eigenvalue weighted by Gasteiger charge is -2.34. The Hall–Kier alpha value is -4.43. The van der Waals surface area contributed by atoms with E-state index in [1.54, 1.807) is 36.4 Å². The van der Waals surface area contributed by atoms with Gasteiger partial charge >= 0.3 is 0 Å². The molecule has 8 heteroatoms. The van der Waals surface area contributed by atoms with Gasteiger partial charge in [-0.1, -0.05) is 103 Å². The zero-order chi connectivity index (χ0) is 31.7. The molecule has 0 heterocycles. The van der Waals surface area contributed by atoms with Gasteiger partial charge in [-0.15, -0.1) is 0 Å². The van der Waals surface area contributed by atoms with Crippen LogP contribution in [0.4, 0.5) is 5.69 Å². The Morgan fingerprint density at radius 3 is 1.95 bits per heavy atom. The van der Waals surface area contributed by atoms with Crippen molar-refractivity contribution in [2.75, 3.05) is 17.4 Å². The third-order valence-corrected chi connectivity index (χ3v) is 9.34. The summed E-state index contributed by atoms with van der Waals surface area (Å²) in [6.07, 6.45) is 1.02. The average molecular weight is 612 g/mol. The van der Waals surface area contributed by atoms with Crippen LogP contribution in [0.15, 0.2) is 108 Å². The standard InChI is InChI=1S/C36H41N3O4S/c1-5-23-37-36(41)34(24-30-12-7-6-8-13-30)38(25-31-19-15-27(2)16-20-31)35(40)26-39(33-14-10-9-11-29(33)4)44(42,43)32-21-17-28(3)18-22-32/h6-22,34H,5,23-26H2,1-4H3,(H,37,41)/t34-/m1/s1. The first kappa shape index (κ1) is 32.5. The van der Waals surface area contributed by atoms with Crippen molar-refractivity contribution in [1.82, 2.24) is 10.2 Å². The van der Waals surface area contributed by atoms with E-state index in [1.165, 1.54) is 9.21 Å². The molecule has 0 aliphatic rings. The highest BCUT2D eigenvalue weighted by Gasteiger charge is 2.35. The van der Waals surface area contributed by atoms with Gasteiger partial charge in [0.1, 0.15) is 12.6 Å². The molecule has 0 spiro atoms. The van der Waals surface area contributed by atoms with Crippen LogP contribution in [0.2, 0.25) is 0 Å². The number of carbonyl (C=O) groups excluding carboxylic acids is 2. The molecule has 0 unspecified atom stereocenters. The minimum absolute atomic E-state index is 0.0887. The molecular formula is C36H41N3O4S. The van der Waals surface area contributed by atoms with Crippen molar-refractivity contribution >= 4 is 27.5 Å². The molecule has 4 aromatic rings. The first-order chi connectivity index (χ1) is 21.1. The van der Waals surface area contributed by atoms with E-state index in [4.69, 9.17) is 0 Å². The van der Waals surface area contributed by atoms with Crippen molar-refractivity contribution < 1.29 is 18.0 Å². The summed E-state index contributed by atoms with van der Waals surface area (Å²) >= 11 is 0. The maximum atomic E-state index is 14.5. The molecule has 0 bridgehead atoms. The molecule has 1 atom stereocenters. The Morgan fingerprint density at radius 2 is 1.34 bits per heavy atom. The summed E-state index contributed by atoms with van der Waals surface area (Å²) in [7, 11) is -4.13. The molecule has 4 aromatic carbocycles. The van der Waals surface area contributed by atoms with Crippen LogP contribution >= 0.6 is 0 Å². The monoisotopic (exact) mass is 611 g/mol. The zero-order valence-electron chi connectivity index (χ0n) is 25.9. The highest BCUT2D eigenvalue weighted by molar-refractivity contribution is 7.92. The van der Waals surface area contributed by atoms with Gasteiger partial charge in [-0.3, -0.25) is 13.9 Å². The summed E-state index contributed by atoms with van der Waals surface area (Å²) in [5.41, 5.74) is 4.86. The number of anilines is 1. The number of benzene rings is 4. The van der Waals surface area contributed by atoms with Crippen LogP contribution in [-0.2, 0) is 32.6 Å². The topological polar surface area (TPSA) is 86.8 Å². The van der Waals surface area contributed by atoms with E-state index >= 15 is 0 Å². The van der Waals surface area contributed by atoms with Gasteiger partial charge in [-0.25, -0.2) is 8.42 Å². The Balaban J connectivity index is 1.80. The Labute approximate surface area is 261 Å². The van der Waals surface area contributed by atoms with Gasteiger partial charge in [0.05, 0.1) is 10.6 Å². The molecule has 0 fully saturated rings. The average Bonchev–Trinajstić information content (AvgIpc) is 3.02. The van der Waals surface area contributed by atoms with Gasteiger partial charge in [-0.2, -0.15) is 0 Å². The summed E-state index contributed by atoms with van der Waals surface area (Å²) in [6.45, 7) is 7.79. The van der Waals surface area contributed by atoms with Crippen molar-refractivity contribution in [3.05, 3.63) is 131 Å². The Morgan fingerprint density at radius 1 is 0.750 bits per heavy atom. The lowest BCUT2D eigenvalue weighted by molar-refractivity contribution is -0.140. The van der Waals surface area contributed by atoms with Crippen LogP contribution in [0.5, 0.6) is 0 Å². The lowest BCUT2D eigenvalue weighted by Crippen LogP contribution is -2.53. The molecule has 0 saturated carbocycles. The van der Waals surface area contributed by atoms with Crippen molar-refractivity contribution in [2.24, 2.45) is 0 Å². The number of carbonyl (C=O) groups is 2. The van der Waals surface area contributed by atoms with Crippen LogP contribution < -0.4 is 9.62 Å². The van der Waals surface area contributed by atoms with E-state index in [9.17, 15) is 18.0 Å². The molecule has 0 saturated heterocycles. The molecule has 0 aromatic heterocycles. The second-order valence-electron chi connectivity index (χ2n) is 11.1. The van der Waals surface area contributed by atoms with Crippen LogP contribution in [0.25, 0.3) is 0 Å². The van der Waals surface area contributed by atoms with Gasteiger partial charge in [0.25, 0.3) is 10.0 Å². The summed E-state index contributed by atoms with van der Waals surface area (Å²) < 4.78 is 29.5. The maximum Gasteiger partial charge on any atom is 0.264 e. The quantitative estimate of drug-likeness (QED) is 0.202. The fraction of sp³-hybridized carbons (Fsp3) is 0.278. The van der Waals surface area contributed by atoms with Gasteiger partial charge in [0.15, 0.2) is 0 Å². The fourth-order valence-corrected chi connectivity index (χ4v) is 6.48. The van der Waals surface area contributed by atoms with Gasteiger partial charge in [0.2, 0.25) is 11.8 Å². The first-order valence-electron chi connectivity index (χ1n) is 14.9. The smallest absolute Gasteiger partial charge is 0.264 e. The molecule has 0 aliphatic heterocycles. The number of rotatable bonds is 13. The molecule has 4 rings (SSSR count). The molecule has 2 amide bonds. The third-order valence-electron chi connectivity index (χ3n) is 7.57. The number of aryl methyl sites for hydroxylation is 3. The van der Waals surface area contributed by atoms with Crippen LogP contribution in [-0.4, -0.2) is 44.3 Å². The molecule has 1 N–H and O–H groups in total. The van der Waals surface area contributed by atoms with Crippen molar-refractivity contribution in [3.63, 3.8) is 0 Å². The predicted octanol–water partition coefficient (Wildman–Crippen LogP) is 5.97. The van der Waals surface area contributed by atoms with Crippen LogP contribution in [0, 0.1) is 20.8 Å². The van der Waals surface area contributed by atoms with Gasteiger partial charge in [0, 0.05) is 19.5 Å². The summed E-state index contributed by atoms with van der Waals surface area (Å²) in [4.78, 5) is 29.8. The minimum Gasteiger partial charge on any atom is -0.354 e. The van der Waals surface area contributed by atoms with Crippen LogP contribution in [0.3, 0.4) is 0 Å². The number of hydrogen-bond donors (Lipinski definition) is 1. The van der Waals surface area contributed by atoms with Crippen molar-refractivity contribution in [2.45, 2.75) is 58.0 Å². The maximum absolute atomic E-state index is 14.5. The number of nitrogens with zero attached hydrogens (tertiary/aromatic N) is 2. The minimum atomic E-state index is -4.13. The molecule has 7 nitrogen and oxygen atoms in total. The highest BCUT2D eigenvalue weighted by Crippen LogP contribution is 2.28. The van der Waals surface area contributed by atoms with E-state index in [1.807, 2.05) is 94.4 Å². The third kappa shape index (κ3) is 8.14. The SMILES string of the molecule is CCCNC(=O)[C@@H](Cc1ccccc1)N(Cc1ccc(C)cc1)C(=O)CN(c1ccccc1C)S(=O)(=O)c1ccc(C)cc1. The van der Waals surface area contributed by atoms with E-state index in [0.29, 0.717) is 17.8 Å². The summed E-state index contributed by atoms with van der Waals surface area (Å²) in [6, 6.07) is 30.2. The van der Waals surface area contributed by atoms with E-state index in [-0.39, 0.29) is 23.8 Å². The summed E-state index contributed by atoms with van der Waals surface area (Å²) in [5, 5.41) is 2.97. The summed E-state index contributed by atoms with van der Waals surface area (Å²) in [5.74, 6) is -0.753. The van der Waals surface area contributed by atoms with Gasteiger partial charge < -0.3 is 10.2 Å². The van der Waals surface area contributed by atoms with Crippen LogP contribution in [0.1, 0.15) is 41.2 Å². The zero-order valence-corrected chi connectivity index (χ0v) is 26.7. The number of sulfonamides is 1. The second-order valence-corrected chi connectivity index (χ2v) is 13.0. The number of nitrogens with one attached hydrogen (secondary N) is 1. The van der Waals surface area contributed by atoms with Crippen molar-refractivity contribution in [3.8, 4) is 0 Å². The first-order valence-corrected chi connectivity index (χ1v) is 16.4. The largest absolute Gasteiger partial charge is 0.354 e. The molecule has 0 radical (unpaired) electrons. The number of amides is 2. The molecular weight excluding hydrogens is 570 g/mol. The molecule has 230 valence electrons. The lowest BCUT2D eigenvalue weighted by atomic mass is 10.0. The Bertz CT molecular complexity index is 1650. The van der Waals surface area contributed by atoms with E-state index < -0.39 is 28.5 Å². The molecule has 0 aliphatic carbocycles. The Kier molecular flexibility index (Phi) is 11.0. The predicted molar refractivity (Wildman–Crippen MR) is 176 cm³/mol. The highest BCUT2D eigenvalue weighted by atomic mass is 32.2. The normalized spacial score (nSPS) is 11.9. The van der Waals surface area contributed by atoms with E-state index in [2.05, 4.69) is 5.32 Å². The number of hydrogen-bond acceptors (Lipinski definition) is 4. The fourth-order valence-electron chi connectivity index (χ4n) is 5.00. The van der Waals surface area contributed by atoms with Crippen molar-refractivity contribution in [1.29, 1.82) is 0 Å². The van der Waals surface area contributed by atoms with E-state index in [0.717, 1.165) is 28.7 Å².